The quantitative estimate of drug-likeness (QED) is 0.831. The number of nitrogens with one attached hydrogen (secondary N) is 2. The maximum Gasteiger partial charge on any atom is 0.288 e. The van der Waals surface area contributed by atoms with Crippen molar-refractivity contribution in [1.29, 1.82) is 0 Å². The molecule has 1 aliphatic heterocycles. The molecule has 1 atom stereocenters. The van der Waals surface area contributed by atoms with Crippen molar-refractivity contribution in [1.82, 2.24) is 10.7 Å². The maximum absolute atomic E-state index is 12.7. The number of hydrogen-bond acceptors (Lipinski definition) is 4. The van der Waals surface area contributed by atoms with Gasteiger partial charge in [0.1, 0.15) is 6.54 Å². The molecule has 6 nitrogen and oxygen atoms in total. The minimum absolute atomic E-state index is 0.0820. The van der Waals surface area contributed by atoms with Crippen molar-refractivity contribution in [3.63, 3.8) is 0 Å². The van der Waals surface area contributed by atoms with Gasteiger partial charge in [-0.1, -0.05) is 48.4 Å². The molecule has 7 heteroatoms. The molecule has 2 N–H and O–H groups in total. The highest BCUT2D eigenvalue weighted by Gasteiger charge is 2.26. The largest absolute Gasteiger partial charge is 0.343 e. The lowest BCUT2D eigenvalue weighted by Crippen LogP contribution is -2.56. The van der Waals surface area contributed by atoms with Gasteiger partial charge in [0.25, 0.3) is 11.8 Å². The fraction of sp³-hybridized carbons (Fsp3) is 0.250. The van der Waals surface area contributed by atoms with Crippen LogP contribution in [-0.4, -0.2) is 24.2 Å². The molecule has 2 amide bonds. The smallest absolute Gasteiger partial charge is 0.288 e. The SMILES string of the molecule is CCC(NC(=O)C1=NCC(=O)N(c2ccc(C)cc2)N1)c1ccc(Cl)cc1. The summed E-state index contributed by atoms with van der Waals surface area (Å²) in [5, 5.41) is 4.95. The number of benzene rings is 2. The molecule has 0 radical (unpaired) electrons. The van der Waals surface area contributed by atoms with Crippen molar-refractivity contribution in [2.75, 3.05) is 11.6 Å². The van der Waals surface area contributed by atoms with Gasteiger partial charge >= 0.3 is 0 Å². The zero-order chi connectivity index (χ0) is 19.4. The van der Waals surface area contributed by atoms with E-state index in [4.69, 9.17) is 11.6 Å². The summed E-state index contributed by atoms with van der Waals surface area (Å²) in [6.07, 6.45) is 0.710. The molecule has 2 aromatic rings. The van der Waals surface area contributed by atoms with E-state index in [9.17, 15) is 9.59 Å². The number of aliphatic imine (C=N–C) groups is 1. The number of carbonyl (C=O) groups excluding carboxylic acids is 2. The van der Waals surface area contributed by atoms with Gasteiger partial charge in [-0.3, -0.25) is 20.0 Å². The Morgan fingerprint density at radius 1 is 1.22 bits per heavy atom. The number of hydrazine groups is 1. The first-order valence-electron chi connectivity index (χ1n) is 8.75. The van der Waals surface area contributed by atoms with Crippen LogP contribution in [0.25, 0.3) is 0 Å². The van der Waals surface area contributed by atoms with Gasteiger partial charge in [0, 0.05) is 5.02 Å². The summed E-state index contributed by atoms with van der Waals surface area (Å²) >= 11 is 5.93. The summed E-state index contributed by atoms with van der Waals surface area (Å²) in [7, 11) is 0. The van der Waals surface area contributed by atoms with Crippen LogP contribution in [0.4, 0.5) is 5.69 Å². The standard InChI is InChI=1S/C20H21ClN4O2/c1-3-17(14-6-8-15(21)9-7-14)23-20(27)19-22-12-18(26)25(24-19)16-10-4-13(2)5-11-16/h4-11,17H,3,12H2,1-2H3,(H,22,24)(H,23,27). The number of anilines is 1. The summed E-state index contributed by atoms with van der Waals surface area (Å²) < 4.78 is 0. The average Bonchev–Trinajstić information content (AvgIpc) is 2.68. The van der Waals surface area contributed by atoms with E-state index in [1.165, 1.54) is 5.01 Å². The molecule has 0 spiro atoms. The first-order valence-corrected chi connectivity index (χ1v) is 9.12. The van der Waals surface area contributed by atoms with Crippen LogP contribution in [-0.2, 0) is 9.59 Å². The van der Waals surface area contributed by atoms with Gasteiger partial charge in [-0.25, -0.2) is 5.01 Å². The lowest BCUT2D eigenvalue weighted by atomic mass is 10.0. The third-order valence-electron chi connectivity index (χ3n) is 4.33. The predicted molar refractivity (Wildman–Crippen MR) is 107 cm³/mol. The van der Waals surface area contributed by atoms with Gasteiger partial charge in [-0.2, -0.15) is 0 Å². The van der Waals surface area contributed by atoms with E-state index in [0.717, 1.165) is 11.1 Å². The van der Waals surface area contributed by atoms with E-state index < -0.39 is 0 Å². The molecule has 3 rings (SSSR count). The predicted octanol–water partition coefficient (Wildman–Crippen LogP) is 3.17. The van der Waals surface area contributed by atoms with E-state index in [-0.39, 0.29) is 30.2 Å². The van der Waals surface area contributed by atoms with Crippen LogP contribution >= 0.6 is 11.6 Å². The van der Waals surface area contributed by atoms with Crippen molar-refractivity contribution in [2.45, 2.75) is 26.3 Å². The van der Waals surface area contributed by atoms with Crippen molar-refractivity contribution >= 4 is 34.9 Å². The number of amides is 2. The van der Waals surface area contributed by atoms with Crippen LogP contribution < -0.4 is 15.8 Å². The van der Waals surface area contributed by atoms with Gasteiger partial charge < -0.3 is 5.32 Å². The molecule has 2 aromatic carbocycles. The number of carbonyl (C=O) groups is 2. The van der Waals surface area contributed by atoms with E-state index in [2.05, 4.69) is 15.7 Å². The molecule has 0 saturated carbocycles. The minimum atomic E-state index is -0.360. The topological polar surface area (TPSA) is 73.8 Å². The molecule has 27 heavy (non-hydrogen) atoms. The molecule has 0 aromatic heterocycles. The van der Waals surface area contributed by atoms with Gasteiger partial charge in [0.2, 0.25) is 5.84 Å². The summed E-state index contributed by atoms with van der Waals surface area (Å²) in [4.78, 5) is 28.9. The third kappa shape index (κ3) is 4.46. The Labute approximate surface area is 163 Å². The highest BCUT2D eigenvalue weighted by atomic mass is 35.5. The second-order valence-electron chi connectivity index (χ2n) is 6.33. The van der Waals surface area contributed by atoms with Gasteiger partial charge in [0.15, 0.2) is 0 Å². The zero-order valence-corrected chi connectivity index (χ0v) is 16.0. The van der Waals surface area contributed by atoms with E-state index in [1.807, 2.05) is 50.2 Å². The van der Waals surface area contributed by atoms with Crippen LogP contribution in [0.5, 0.6) is 0 Å². The second kappa shape index (κ2) is 8.22. The van der Waals surface area contributed by atoms with E-state index in [0.29, 0.717) is 17.1 Å². The Balaban J connectivity index is 1.73. The van der Waals surface area contributed by atoms with Gasteiger partial charge in [-0.15, -0.1) is 0 Å². The first kappa shape index (κ1) is 18.9. The lowest BCUT2D eigenvalue weighted by molar-refractivity contribution is -0.118. The van der Waals surface area contributed by atoms with Gasteiger partial charge in [-0.05, 0) is 43.2 Å². The van der Waals surface area contributed by atoms with Crippen molar-refractivity contribution in [3.05, 3.63) is 64.7 Å². The Kier molecular flexibility index (Phi) is 5.76. The summed E-state index contributed by atoms with van der Waals surface area (Å²) in [6, 6.07) is 14.6. The molecule has 0 saturated heterocycles. The fourth-order valence-corrected chi connectivity index (χ4v) is 2.91. The van der Waals surface area contributed by atoms with Crippen molar-refractivity contribution in [2.24, 2.45) is 4.99 Å². The summed E-state index contributed by atoms with van der Waals surface area (Å²) in [6.45, 7) is 3.87. The van der Waals surface area contributed by atoms with Crippen molar-refractivity contribution < 1.29 is 9.59 Å². The zero-order valence-electron chi connectivity index (χ0n) is 15.2. The molecule has 140 valence electrons. The average molecular weight is 385 g/mol. The Hall–Kier alpha value is -2.86. The number of nitrogens with zero attached hydrogens (tertiary/aromatic N) is 2. The van der Waals surface area contributed by atoms with Crippen LogP contribution in [0.1, 0.15) is 30.5 Å². The van der Waals surface area contributed by atoms with Crippen LogP contribution in [0.15, 0.2) is 53.5 Å². The van der Waals surface area contributed by atoms with Crippen LogP contribution in [0.2, 0.25) is 5.02 Å². The molecular formula is C20H21ClN4O2. The monoisotopic (exact) mass is 384 g/mol. The fourth-order valence-electron chi connectivity index (χ4n) is 2.79. The molecule has 1 aliphatic rings. The van der Waals surface area contributed by atoms with Gasteiger partial charge in [0.05, 0.1) is 11.7 Å². The Bertz CT molecular complexity index is 863. The number of hydrogen-bond donors (Lipinski definition) is 2. The van der Waals surface area contributed by atoms with E-state index >= 15 is 0 Å². The molecule has 1 unspecified atom stereocenters. The number of rotatable bonds is 5. The maximum atomic E-state index is 12.7. The number of amidine groups is 1. The normalized spacial score (nSPS) is 15.0. The number of aryl methyl sites for hydroxylation is 1. The third-order valence-corrected chi connectivity index (χ3v) is 4.58. The number of halogens is 1. The molecule has 0 bridgehead atoms. The first-order chi connectivity index (χ1) is 13.0. The van der Waals surface area contributed by atoms with Crippen LogP contribution in [0, 0.1) is 6.92 Å². The van der Waals surface area contributed by atoms with Crippen LogP contribution in [0.3, 0.4) is 0 Å². The summed E-state index contributed by atoms with van der Waals surface area (Å²) in [5.74, 6) is -0.468. The highest BCUT2D eigenvalue weighted by molar-refractivity contribution is 6.39. The molecule has 0 fully saturated rings. The van der Waals surface area contributed by atoms with E-state index in [1.54, 1.807) is 12.1 Å². The van der Waals surface area contributed by atoms with Crippen molar-refractivity contribution in [3.8, 4) is 0 Å². The second-order valence-corrected chi connectivity index (χ2v) is 6.76. The minimum Gasteiger partial charge on any atom is -0.343 e. The lowest BCUT2D eigenvalue weighted by Gasteiger charge is -2.28. The Morgan fingerprint density at radius 2 is 1.89 bits per heavy atom. The molecule has 1 heterocycles. The molecule has 0 aliphatic carbocycles. The molecular weight excluding hydrogens is 364 g/mol. The highest BCUT2D eigenvalue weighted by Crippen LogP contribution is 2.19. The summed E-state index contributed by atoms with van der Waals surface area (Å²) in [5.41, 5.74) is 5.54. The Morgan fingerprint density at radius 3 is 2.52 bits per heavy atom.